The van der Waals surface area contributed by atoms with E-state index in [-0.39, 0.29) is 0 Å². The van der Waals surface area contributed by atoms with E-state index in [1.807, 2.05) is 22.6 Å². The minimum absolute atomic E-state index is 0.597. The molecule has 2 heterocycles. The molecule has 0 bridgehead atoms. The Bertz CT molecular complexity index is 297. The Labute approximate surface area is 89.3 Å². The normalized spacial score (nSPS) is 26.7. The van der Waals surface area contributed by atoms with Crippen molar-refractivity contribution in [3.63, 3.8) is 0 Å². The summed E-state index contributed by atoms with van der Waals surface area (Å²) in [6, 6.07) is 2.65. The van der Waals surface area contributed by atoms with Crippen molar-refractivity contribution in [2.75, 3.05) is 16.8 Å². The van der Waals surface area contributed by atoms with Gasteiger partial charge in [0.1, 0.15) is 5.82 Å². The number of rotatable bonds is 3. The van der Waals surface area contributed by atoms with Gasteiger partial charge in [0.15, 0.2) is 0 Å². The molecule has 1 saturated heterocycles. The molecule has 1 aliphatic rings. The molecule has 0 amide bonds. The fourth-order valence-corrected chi connectivity index (χ4v) is 3.06. The molecule has 1 N–H and O–H groups in total. The van der Waals surface area contributed by atoms with Gasteiger partial charge in [0.25, 0.3) is 0 Å². The van der Waals surface area contributed by atoms with Gasteiger partial charge in [-0.1, -0.05) is 6.92 Å². The zero-order valence-corrected chi connectivity index (χ0v) is 9.55. The second-order valence-electron chi connectivity index (χ2n) is 3.82. The molecule has 3 nitrogen and oxygen atoms in total. The molecule has 2 rings (SSSR count). The van der Waals surface area contributed by atoms with Gasteiger partial charge in [-0.05, 0) is 18.6 Å². The molecule has 2 unspecified atom stereocenters. The molecule has 0 radical (unpaired) electrons. The SMILES string of the molecule is CCn1ccc(NC2CSCC2C)n1. The van der Waals surface area contributed by atoms with Crippen LogP contribution in [0.25, 0.3) is 0 Å². The maximum absolute atomic E-state index is 4.42. The number of aromatic nitrogens is 2. The fraction of sp³-hybridized carbons (Fsp3) is 0.700. The van der Waals surface area contributed by atoms with E-state index < -0.39 is 0 Å². The molecule has 2 atom stereocenters. The van der Waals surface area contributed by atoms with Crippen molar-refractivity contribution in [2.45, 2.75) is 26.4 Å². The maximum atomic E-state index is 4.42. The van der Waals surface area contributed by atoms with E-state index in [1.165, 1.54) is 11.5 Å². The standard InChI is InChI=1S/C10H17N3S/c1-3-13-5-4-10(12-13)11-9-7-14-6-8(9)2/h4-5,8-9H,3,6-7H2,1-2H3,(H,11,12). The van der Waals surface area contributed by atoms with E-state index in [1.54, 1.807) is 0 Å². The summed E-state index contributed by atoms with van der Waals surface area (Å²) in [5.41, 5.74) is 0. The van der Waals surface area contributed by atoms with E-state index >= 15 is 0 Å². The monoisotopic (exact) mass is 211 g/mol. The van der Waals surface area contributed by atoms with E-state index in [0.717, 1.165) is 18.3 Å². The van der Waals surface area contributed by atoms with Crippen LogP contribution >= 0.6 is 11.8 Å². The van der Waals surface area contributed by atoms with Gasteiger partial charge in [-0.3, -0.25) is 4.68 Å². The molecule has 0 spiro atoms. The summed E-state index contributed by atoms with van der Waals surface area (Å²) in [6.07, 6.45) is 2.02. The van der Waals surface area contributed by atoms with Crippen molar-refractivity contribution in [3.8, 4) is 0 Å². The van der Waals surface area contributed by atoms with Crippen LogP contribution in [0, 0.1) is 5.92 Å². The van der Waals surface area contributed by atoms with E-state index in [4.69, 9.17) is 0 Å². The summed E-state index contributed by atoms with van der Waals surface area (Å²) < 4.78 is 1.95. The number of hydrogen-bond acceptors (Lipinski definition) is 3. The molecule has 1 aliphatic heterocycles. The Morgan fingerprint density at radius 2 is 2.50 bits per heavy atom. The zero-order chi connectivity index (χ0) is 9.97. The molecular weight excluding hydrogens is 194 g/mol. The summed E-state index contributed by atoms with van der Waals surface area (Å²) in [7, 11) is 0. The lowest BCUT2D eigenvalue weighted by molar-refractivity contribution is 0.592. The predicted molar refractivity (Wildman–Crippen MR) is 61.8 cm³/mol. The van der Waals surface area contributed by atoms with Gasteiger partial charge in [0.2, 0.25) is 0 Å². The van der Waals surface area contributed by atoms with E-state index in [9.17, 15) is 0 Å². The van der Waals surface area contributed by atoms with Gasteiger partial charge in [0.05, 0.1) is 0 Å². The van der Waals surface area contributed by atoms with Crippen LogP contribution in [0.5, 0.6) is 0 Å². The highest BCUT2D eigenvalue weighted by Crippen LogP contribution is 2.25. The van der Waals surface area contributed by atoms with Crippen LogP contribution < -0.4 is 5.32 Å². The van der Waals surface area contributed by atoms with Crippen LogP contribution in [0.1, 0.15) is 13.8 Å². The Morgan fingerprint density at radius 3 is 3.07 bits per heavy atom. The van der Waals surface area contributed by atoms with Crippen LogP contribution in [0.3, 0.4) is 0 Å². The van der Waals surface area contributed by atoms with Crippen molar-refractivity contribution >= 4 is 17.6 Å². The van der Waals surface area contributed by atoms with Crippen molar-refractivity contribution < 1.29 is 0 Å². The second kappa shape index (κ2) is 4.26. The van der Waals surface area contributed by atoms with Gasteiger partial charge in [-0.15, -0.1) is 0 Å². The molecule has 0 aliphatic carbocycles. The Hall–Kier alpha value is -0.640. The molecule has 0 saturated carbocycles. The van der Waals surface area contributed by atoms with Crippen LogP contribution in [-0.4, -0.2) is 27.3 Å². The number of thioether (sulfide) groups is 1. The first-order valence-electron chi connectivity index (χ1n) is 5.17. The van der Waals surface area contributed by atoms with Crippen molar-refractivity contribution in [3.05, 3.63) is 12.3 Å². The van der Waals surface area contributed by atoms with E-state index in [2.05, 4.69) is 30.3 Å². The maximum Gasteiger partial charge on any atom is 0.148 e. The summed E-state index contributed by atoms with van der Waals surface area (Å²) >= 11 is 2.03. The summed E-state index contributed by atoms with van der Waals surface area (Å²) in [4.78, 5) is 0. The minimum atomic E-state index is 0.597. The lowest BCUT2D eigenvalue weighted by atomic mass is 10.1. The Balaban J connectivity index is 1.96. The summed E-state index contributed by atoms with van der Waals surface area (Å²) in [5.74, 6) is 4.25. The Morgan fingerprint density at radius 1 is 1.64 bits per heavy atom. The molecule has 14 heavy (non-hydrogen) atoms. The highest BCUT2D eigenvalue weighted by atomic mass is 32.2. The first-order valence-corrected chi connectivity index (χ1v) is 6.33. The number of hydrogen-bond donors (Lipinski definition) is 1. The number of nitrogens with one attached hydrogen (secondary N) is 1. The number of aryl methyl sites for hydroxylation is 1. The van der Waals surface area contributed by atoms with Crippen LogP contribution in [-0.2, 0) is 6.54 Å². The molecule has 4 heteroatoms. The molecule has 78 valence electrons. The lowest BCUT2D eigenvalue weighted by Crippen LogP contribution is -2.25. The third-order valence-corrected chi connectivity index (χ3v) is 4.02. The van der Waals surface area contributed by atoms with Gasteiger partial charge >= 0.3 is 0 Å². The van der Waals surface area contributed by atoms with Crippen LogP contribution in [0.15, 0.2) is 12.3 Å². The molecular formula is C10H17N3S. The third kappa shape index (κ3) is 2.05. The minimum Gasteiger partial charge on any atom is -0.365 e. The van der Waals surface area contributed by atoms with Gasteiger partial charge < -0.3 is 5.32 Å². The first-order chi connectivity index (χ1) is 6.79. The topological polar surface area (TPSA) is 29.9 Å². The fourth-order valence-electron chi connectivity index (χ4n) is 1.65. The van der Waals surface area contributed by atoms with Gasteiger partial charge in [-0.25, -0.2) is 0 Å². The van der Waals surface area contributed by atoms with Crippen LogP contribution in [0.4, 0.5) is 5.82 Å². The largest absolute Gasteiger partial charge is 0.365 e. The molecule has 1 aromatic heterocycles. The molecule has 1 fully saturated rings. The summed E-state index contributed by atoms with van der Waals surface area (Å²) in [6.45, 7) is 5.34. The van der Waals surface area contributed by atoms with Crippen molar-refractivity contribution in [2.24, 2.45) is 5.92 Å². The number of nitrogens with zero attached hydrogens (tertiary/aromatic N) is 2. The van der Waals surface area contributed by atoms with E-state index in [0.29, 0.717) is 6.04 Å². The second-order valence-corrected chi connectivity index (χ2v) is 4.90. The summed E-state index contributed by atoms with van der Waals surface area (Å²) in [5, 5.41) is 7.92. The van der Waals surface area contributed by atoms with Gasteiger partial charge in [0, 0.05) is 30.6 Å². The molecule has 0 aromatic carbocycles. The quantitative estimate of drug-likeness (QED) is 0.830. The lowest BCUT2D eigenvalue weighted by Gasteiger charge is -2.15. The highest BCUT2D eigenvalue weighted by Gasteiger charge is 2.23. The van der Waals surface area contributed by atoms with Gasteiger partial charge in [-0.2, -0.15) is 16.9 Å². The highest BCUT2D eigenvalue weighted by molar-refractivity contribution is 7.99. The predicted octanol–water partition coefficient (Wildman–Crippen LogP) is 2.07. The zero-order valence-electron chi connectivity index (χ0n) is 8.73. The van der Waals surface area contributed by atoms with Crippen LogP contribution in [0.2, 0.25) is 0 Å². The average molecular weight is 211 g/mol. The third-order valence-electron chi connectivity index (χ3n) is 2.66. The Kier molecular flexibility index (Phi) is 3.01. The van der Waals surface area contributed by atoms with Crippen molar-refractivity contribution in [1.29, 1.82) is 0 Å². The number of anilines is 1. The van der Waals surface area contributed by atoms with Crippen molar-refractivity contribution in [1.82, 2.24) is 9.78 Å². The smallest absolute Gasteiger partial charge is 0.148 e. The first kappa shape index (κ1) is 9.90. The molecule has 1 aromatic rings. The average Bonchev–Trinajstić information content (AvgIpc) is 2.77.